The van der Waals surface area contributed by atoms with Gasteiger partial charge >= 0.3 is 12.2 Å². The average Bonchev–Trinajstić information content (AvgIpc) is 3.05. The van der Waals surface area contributed by atoms with Gasteiger partial charge in [0.05, 0.1) is 5.56 Å². The summed E-state index contributed by atoms with van der Waals surface area (Å²) in [6, 6.07) is 7.86. The zero-order valence-electron chi connectivity index (χ0n) is 12.5. The molecule has 0 saturated carbocycles. The highest BCUT2D eigenvalue weighted by Crippen LogP contribution is 2.38. The zero-order chi connectivity index (χ0) is 17.2. The fraction of sp³-hybridized carbons (Fsp3) is 0.250. The SMILES string of the molecule is O=C(Nc1cccc(C(F)(F)F)c1)N1CCSC1c1cccnc1. The molecule has 1 fully saturated rings. The van der Waals surface area contributed by atoms with Gasteiger partial charge in [0.1, 0.15) is 5.37 Å². The third-order valence-corrected chi connectivity index (χ3v) is 4.82. The van der Waals surface area contributed by atoms with Gasteiger partial charge in [-0.15, -0.1) is 11.8 Å². The Morgan fingerprint density at radius 3 is 2.83 bits per heavy atom. The minimum absolute atomic E-state index is 0.122. The average molecular weight is 353 g/mol. The highest BCUT2D eigenvalue weighted by Gasteiger charge is 2.32. The predicted octanol–water partition coefficient (Wildman–Crippen LogP) is 4.38. The highest BCUT2D eigenvalue weighted by molar-refractivity contribution is 7.99. The van der Waals surface area contributed by atoms with Gasteiger partial charge in [0.15, 0.2) is 0 Å². The number of anilines is 1. The summed E-state index contributed by atoms with van der Waals surface area (Å²) in [6.07, 6.45) is -1.10. The number of carbonyl (C=O) groups is 1. The first-order chi connectivity index (χ1) is 11.4. The van der Waals surface area contributed by atoms with Crippen molar-refractivity contribution in [3.05, 3.63) is 59.9 Å². The molecule has 0 aliphatic carbocycles. The van der Waals surface area contributed by atoms with Crippen LogP contribution in [0.15, 0.2) is 48.8 Å². The van der Waals surface area contributed by atoms with Crippen molar-refractivity contribution in [1.29, 1.82) is 0 Å². The van der Waals surface area contributed by atoms with E-state index in [0.29, 0.717) is 6.54 Å². The second-order valence-electron chi connectivity index (χ2n) is 5.21. The number of aromatic nitrogens is 1. The fourth-order valence-electron chi connectivity index (χ4n) is 2.44. The molecule has 2 aromatic rings. The standard InChI is InChI=1S/C16H14F3N3OS/c17-16(18,19)12-4-1-5-13(9-12)21-15(23)22-7-8-24-14(22)11-3-2-6-20-10-11/h1-6,9-10,14H,7-8H2,(H,21,23). The molecule has 2 amide bonds. The van der Waals surface area contributed by atoms with Crippen LogP contribution in [0.1, 0.15) is 16.5 Å². The lowest BCUT2D eigenvalue weighted by Crippen LogP contribution is -2.34. The number of rotatable bonds is 2. The third kappa shape index (κ3) is 3.64. The molecule has 8 heteroatoms. The van der Waals surface area contributed by atoms with Crippen LogP contribution in [0.5, 0.6) is 0 Å². The number of carbonyl (C=O) groups excluding carboxylic acids is 1. The van der Waals surface area contributed by atoms with Crippen LogP contribution in [0.4, 0.5) is 23.7 Å². The first-order valence-electron chi connectivity index (χ1n) is 7.21. The third-order valence-electron chi connectivity index (χ3n) is 3.56. The summed E-state index contributed by atoms with van der Waals surface area (Å²) >= 11 is 1.59. The molecular formula is C16H14F3N3OS. The molecule has 4 nitrogen and oxygen atoms in total. The predicted molar refractivity (Wildman–Crippen MR) is 86.6 cm³/mol. The van der Waals surface area contributed by atoms with Crippen molar-refractivity contribution < 1.29 is 18.0 Å². The largest absolute Gasteiger partial charge is 0.416 e. The molecule has 1 aliphatic rings. The van der Waals surface area contributed by atoms with E-state index in [4.69, 9.17) is 0 Å². The van der Waals surface area contributed by atoms with Gasteiger partial charge in [-0.05, 0) is 24.3 Å². The van der Waals surface area contributed by atoms with E-state index in [1.165, 1.54) is 12.1 Å². The van der Waals surface area contributed by atoms with Gasteiger partial charge in [0, 0.05) is 35.9 Å². The smallest absolute Gasteiger partial charge is 0.308 e. The lowest BCUT2D eigenvalue weighted by molar-refractivity contribution is -0.137. The van der Waals surface area contributed by atoms with Gasteiger partial charge in [-0.3, -0.25) is 4.98 Å². The minimum Gasteiger partial charge on any atom is -0.308 e. The molecule has 2 heterocycles. The summed E-state index contributed by atoms with van der Waals surface area (Å²) < 4.78 is 38.3. The zero-order valence-corrected chi connectivity index (χ0v) is 13.3. The van der Waals surface area contributed by atoms with Crippen molar-refractivity contribution in [3.63, 3.8) is 0 Å². The lowest BCUT2D eigenvalue weighted by Gasteiger charge is -2.24. The molecule has 3 rings (SSSR count). The van der Waals surface area contributed by atoms with Crippen LogP contribution in [0, 0.1) is 0 Å². The van der Waals surface area contributed by atoms with Gasteiger partial charge in [-0.2, -0.15) is 13.2 Å². The number of alkyl halides is 3. The maximum absolute atomic E-state index is 12.8. The fourth-order valence-corrected chi connectivity index (χ4v) is 3.68. The number of pyridine rings is 1. The Hall–Kier alpha value is -2.22. The number of benzene rings is 1. The van der Waals surface area contributed by atoms with E-state index in [2.05, 4.69) is 10.3 Å². The van der Waals surface area contributed by atoms with Crippen molar-refractivity contribution in [2.75, 3.05) is 17.6 Å². The maximum Gasteiger partial charge on any atom is 0.416 e. The molecule has 1 atom stereocenters. The van der Waals surface area contributed by atoms with E-state index < -0.39 is 17.8 Å². The number of thioether (sulfide) groups is 1. The van der Waals surface area contributed by atoms with Crippen molar-refractivity contribution in [3.8, 4) is 0 Å². The summed E-state index contributed by atoms with van der Waals surface area (Å²) in [6.45, 7) is 0.523. The van der Waals surface area contributed by atoms with Gasteiger partial charge in [0.2, 0.25) is 0 Å². The number of nitrogens with zero attached hydrogens (tertiary/aromatic N) is 2. The van der Waals surface area contributed by atoms with Crippen LogP contribution >= 0.6 is 11.8 Å². The van der Waals surface area contributed by atoms with Gasteiger partial charge in [-0.25, -0.2) is 4.79 Å². The van der Waals surface area contributed by atoms with Crippen LogP contribution in [0.2, 0.25) is 0 Å². The number of halogens is 3. The minimum atomic E-state index is -4.44. The number of hydrogen-bond acceptors (Lipinski definition) is 3. The Morgan fingerprint density at radius 1 is 1.29 bits per heavy atom. The Bertz CT molecular complexity index is 724. The Labute approximate surface area is 141 Å². The molecule has 0 bridgehead atoms. The second-order valence-corrected chi connectivity index (χ2v) is 6.40. The molecule has 126 valence electrons. The molecule has 1 aliphatic heterocycles. The summed E-state index contributed by atoms with van der Waals surface area (Å²) in [4.78, 5) is 18.1. The second kappa shape index (κ2) is 6.72. The van der Waals surface area contributed by atoms with Crippen molar-refractivity contribution in [2.45, 2.75) is 11.6 Å². The van der Waals surface area contributed by atoms with Crippen LogP contribution < -0.4 is 5.32 Å². The topological polar surface area (TPSA) is 45.2 Å². The van der Waals surface area contributed by atoms with Gasteiger partial charge in [0.25, 0.3) is 0 Å². The lowest BCUT2D eigenvalue weighted by atomic mass is 10.2. The normalized spacial score (nSPS) is 17.8. The molecule has 24 heavy (non-hydrogen) atoms. The van der Waals surface area contributed by atoms with E-state index in [-0.39, 0.29) is 11.1 Å². The first kappa shape index (κ1) is 16.6. The number of hydrogen-bond donors (Lipinski definition) is 1. The molecular weight excluding hydrogens is 339 g/mol. The van der Waals surface area contributed by atoms with Crippen LogP contribution in [-0.4, -0.2) is 28.2 Å². The maximum atomic E-state index is 12.8. The van der Waals surface area contributed by atoms with Crippen molar-refractivity contribution in [2.24, 2.45) is 0 Å². The molecule has 1 N–H and O–H groups in total. The van der Waals surface area contributed by atoms with E-state index >= 15 is 0 Å². The molecule has 1 unspecified atom stereocenters. The number of nitrogens with one attached hydrogen (secondary N) is 1. The summed E-state index contributed by atoms with van der Waals surface area (Å²) in [5.41, 5.74) is 0.218. The van der Waals surface area contributed by atoms with E-state index in [9.17, 15) is 18.0 Å². The summed E-state index contributed by atoms with van der Waals surface area (Å²) in [7, 11) is 0. The molecule has 0 radical (unpaired) electrons. The van der Waals surface area contributed by atoms with Crippen molar-refractivity contribution >= 4 is 23.5 Å². The monoisotopic (exact) mass is 353 g/mol. The Morgan fingerprint density at radius 2 is 2.12 bits per heavy atom. The van der Waals surface area contributed by atoms with Crippen LogP contribution in [0.3, 0.4) is 0 Å². The first-order valence-corrected chi connectivity index (χ1v) is 8.26. The number of urea groups is 1. The summed E-state index contributed by atoms with van der Waals surface area (Å²) in [5, 5.41) is 2.36. The van der Waals surface area contributed by atoms with E-state index in [1.807, 2.05) is 6.07 Å². The quantitative estimate of drug-likeness (QED) is 0.871. The van der Waals surface area contributed by atoms with Crippen LogP contribution in [-0.2, 0) is 6.18 Å². The Balaban J connectivity index is 1.75. The Kier molecular flexibility index (Phi) is 4.66. The summed E-state index contributed by atoms with van der Waals surface area (Å²) in [5.74, 6) is 0.759. The highest BCUT2D eigenvalue weighted by atomic mass is 32.2. The van der Waals surface area contributed by atoms with Crippen LogP contribution in [0.25, 0.3) is 0 Å². The molecule has 1 saturated heterocycles. The van der Waals surface area contributed by atoms with Gasteiger partial charge in [-0.1, -0.05) is 12.1 Å². The van der Waals surface area contributed by atoms with Gasteiger partial charge < -0.3 is 10.2 Å². The van der Waals surface area contributed by atoms with E-state index in [0.717, 1.165) is 23.4 Å². The number of amides is 2. The molecule has 1 aromatic heterocycles. The van der Waals surface area contributed by atoms with E-state index in [1.54, 1.807) is 35.1 Å². The molecule has 1 aromatic carbocycles. The van der Waals surface area contributed by atoms with Crippen molar-refractivity contribution in [1.82, 2.24) is 9.88 Å². The molecule has 0 spiro atoms.